The fraction of sp³-hybridized carbons (Fsp3) is 1.00. The summed E-state index contributed by atoms with van der Waals surface area (Å²) < 4.78 is 0. The first-order valence-electron chi connectivity index (χ1n) is 7.75. The lowest BCUT2D eigenvalue weighted by atomic mass is 9.22. The van der Waals surface area contributed by atoms with E-state index in [1.807, 2.05) is 0 Å². The van der Waals surface area contributed by atoms with Crippen molar-refractivity contribution >= 4 is 0 Å². The zero-order chi connectivity index (χ0) is 10.5. The molecule has 0 aromatic carbocycles. The van der Waals surface area contributed by atoms with Crippen molar-refractivity contribution < 1.29 is 0 Å². The predicted octanol–water partition coefficient (Wildman–Crippen LogP) is 4.25. The van der Waals surface area contributed by atoms with Crippen LogP contribution in [0.1, 0.15) is 58.3 Å². The second kappa shape index (κ2) is 2.40. The van der Waals surface area contributed by atoms with E-state index in [1.165, 1.54) is 23.7 Å². The maximum absolute atomic E-state index is 2.55. The van der Waals surface area contributed by atoms with Crippen molar-refractivity contribution in [2.45, 2.75) is 58.3 Å². The molecule has 16 heavy (non-hydrogen) atoms. The molecule has 4 unspecified atom stereocenters. The fourth-order valence-electron chi connectivity index (χ4n) is 7.30. The monoisotopic (exact) mass is 216 g/mol. The molecule has 0 amide bonds. The minimum absolute atomic E-state index is 0.927. The van der Waals surface area contributed by atoms with E-state index in [-0.39, 0.29) is 0 Å². The van der Waals surface area contributed by atoms with Crippen LogP contribution in [0.2, 0.25) is 0 Å². The van der Waals surface area contributed by atoms with Crippen LogP contribution in [0.3, 0.4) is 0 Å². The minimum atomic E-state index is 0.927. The normalized spacial score (nSPS) is 69.9. The van der Waals surface area contributed by atoms with Gasteiger partial charge in [0.25, 0.3) is 0 Å². The van der Waals surface area contributed by atoms with Gasteiger partial charge in [0.2, 0.25) is 0 Å². The third-order valence-electron chi connectivity index (χ3n) is 7.91. The van der Waals surface area contributed by atoms with Gasteiger partial charge in [-0.3, -0.25) is 0 Å². The molecule has 0 heteroatoms. The highest BCUT2D eigenvalue weighted by Crippen LogP contribution is 2.84. The molecule has 0 aromatic heterocycles. The second-order valence-corrected chi connectivity index (χ2v) is 8.16. The van der Waals surface area contributed by atoms with E-state index >= 15 is 0 Å². The molecule has 2 spiro atoms. The van der Waals surface area contributed by atoms with Crippen molar-refractivity contribution in [1.82, 2.24) is 0 Å². The fourth-order valence-corrected chi connectivity index (χ4v) is 7.30. The van der Waals surface area contributed by atoms with Gasteiger partial charge in [-0.2, -0.15) is 0 Å². The molecule has 0 bridgehead atoms. The van der Waals surface area contributed by atoms with E-state index in [0.717, 1.165) is 16.7 Å². The van der Waals surface area contributed by atoms with Crippen LogP contribution >= 0.6 is 0 Å². The Morgan fingerprint density at radius 2 is 1.44 bits per heavy atom. The molecule has 0 saturated heterocycles. The van der Waals surface area contributed by atoms with Gasteiger partial charge in [0, 0.05) is 0 Å². The van der Waals surface area contributed by atoms with Crippen molar-refractivity contribution in [1.29, 1.82) is 0 Å². The maximum atomic E-state index is 2.55. The minimum Gasteiger partial charge on any atom is -0.0625 e. The first-order chi connectivity index (χ1) is 7.75. The summed E-state index contributed by atoms with van der Waals surface area (Å²) in [5.74, 6) is 5.83. The summed E-state index contributed by atoms with van der Waals surface area (Å²) >= 11 is 0. The van der Waals surface area contributed by atoms with Gasteiger partial charge in [0.05, 0.1) is 0 Å². The van der Waals surface area contributed by atoms with Crippen molar-refractivity contribution in [3.05, 3.63) is 0 Å². The van der Waals surface area contributed by atoms with Crippen LogP contribution in [0.4, 0.5) is 0 Å². The Morgan fingerprint density at radius 1 is 0.875 bits per heavy atom. The van der Waals surface area contributed by atoms with Crippen molar-refractivity contribution in [3.63, 3.8) is 0 Å². The van der Waals surface area contributed by atoms with E-state index in [0.29, 0.717) is 0 Å². The maximum Gasteiger partial charge on any atom is -0.0230 e. The Balaban J connectivity index is 1.57. The summed E-state index contributed by atoms with van der Waals surface area (Å²) in [4.78, 5) is 0. The molecule has 0 nitrogen and oxygen atoms in total. The molecule has 0 N–H and O–H groups in total. The third-order valence-corrected chi connectivity index (χ3v) is 7.91. The molecule has 0 aliphatic heterocycles. The summed E-state index contributed by atoms with van der Waals surface area (Å²) in [6.07, 6.45) is 12.9. The van der Waals surface area contributed by atoms with Gasteiger partial charge < -0.3 is 0 Å². The SMILES string of the molecule is CC1CC2CCC23CC2CC4(CCC4C1)C23. The molecule has 0 heterocycles. The largest absolute Gasteiger partial charge is 0.0625 e. The lowest BCUT2D eigenvalue weighted by Gasteiger charge is -2.82. The third kappa shape index (κ3) is 0.703. The van der Waals surface area contributed by atoms with Gasteiger partial charge in [0.1, 0.15) is 0 Å². The summed E-state index contributed by atoms with van der Waals surface area (Å²) in [6, 6.07) is 0. The molecule has 5 saturated carbocycles. The highest BCUT2D eigenvalue weighted by molar-refractivity contribution is 5.25. The second-order valence-electron chi connectivity index (χ2n) is 8.16. The van der Waals surface area contributed by atoms with Crippen LogP contribution in [0, 0.1) is 40.4 Å². The Hall–Kier alpha value is 0. The van der Waals surface area contributed by atoms with Crippen LogP contribution in [-0.4, -0.2) is 0 Å². The first-order valence-corrected chi connectivity index (χ1v) is 7.75. The molecule has 0 aromatic rings. The van der Waals surface area contributed by atoms with Gasteiger partial charge in [-0.1, -0.05) is 6.92 Å². The lowest BCUT2D eigenvalue weighted by molar-refractivity contribution is -0.335. The molecule has 4 atom stereocenters. The Labute approximate surface area is 99.2 Å². The van der Waals surface area contributed by atoms with Gasteiger partial charge in [-0.25, -0.2) is 0 Å². The molecule has 88 valence electrons. The zero-order valence-electron chi connectivity index (χ0n) is 10.5. The van der Waals surface area contributed by atoms with Crippen molar-refractivity contribution in [3.8, 4) is 0 Å². The lowest BCUT2D eigenvalue weighted by Crippen LogP contribution is -2.75. The van der Waals surface area contributed by atoms with Crippen molar-refractivity contribution in [2.24, 2.45) is 40.4 Å². The van der Waals surface area contributed by atoms with Crippen LogP contribution in [0.15, 0.2) is 0 Å². The average molecular weight is 216 g/mol. The molecular formula is C16H24. The van der Waals surface area contributed by atoms with Crippen LogP contribution < -0.4 is 0 Å². The standard InChI is InChI=1S/C16H24/c1-10-6-12-2-4-15(12)8-11-9-16(14(11)15)5-3-13(16)7-10/h10-14H,2-9H2,1H3. The van der Waals surface area contributed by atoms with E-state index < -0.39 is 0 Å². The van der Waals surface area contributed by atoms with Crippen LogP contribution in [0.25, 0.3) is 0 Å². The van der Waals surface area contributed by atoms with E-state index in [2.05, 4.69) is 6.92 Å². The number of rotatable bonds is 0. The van der Waals surface area contributed by atoms with E-state index in [4.69, 9.17) is 0 Å². The first kappa shape index (κ1) is 9.00. The molecule has 5 rings (SSSR count). The predicted molar refractivity (Wildman–Crippen MR) is 64.9 cm³/mol. The Kier molecular flexibility index (Phi) is 1.35. The molecule has 0 radical (unpaired) electrons. The summed E-state index contributed by atoms with van der Waals surface area (Å²) in [5.41, 5.74) is 1.85. The summed E-state index contributed by atoms with van der Waals surface area (Å²) in [5, 5.41) is 0. The van der Waals surface area contributed by atoms with Gasteiger partial charge in [-0.05, 0) is 91.8 Å². The molecular weight excluding hydrogens is 192 g/mol. The van der Waals surface area contributed by atoms with Gasteiger partial charge >= 0.3 is 0 Å². The highest BCUT2D eigenvalue weighted by Gasteiger charge is 2.77. The van der Waals surface area contributed by atoms with Gasteiger partial charge in [-0.15, -0.1) is 0 Å². The Bertz CT molecular complexity index is 327. The molecule has 5 aliphatic rings. The highest BCUT2D eigenvalue weighted by atomic mass is 14.8. The topological polar surface area (TPSA) is 0 Å². The van der Waals surface area contributed by atoms with Crippen LogP contribution in [-0.2, 0) is 0 Å². The average Bonchev–Trinajstić information content (AvgIpc) is 2.20. The summed E-state index contributed by atoms with van der Waals surface area (Å²) in [6.45, 7) is 2.55. The van der Waals surface area contributed by atoms with Crippen LogP contribution in [0.5, 0.6) is 0 Å². The van der Waals surface area contributed by atoms with E-state index in [9.17, 15) is 0 Å². The molecule has 5 fully saturated rings. The zero-order valence-corrected chi connectivity index (χ0v) is 10.5. The van der Waals surface area contributed by atoms with Crippen molar-refractivity contribution in [2.75, 3.05) is 0 Å². The summed E-state index contributed by atoms with van der Waals surface area (Å²) in [7, 11) is 0. The number of hydrogen-bond acceptors (Lipinski definition) is 0. The smallest absolute Gasteiger partial charge is 0.0230 e. The van der Waals surface area contributed by atoms with Gasteiger partial charge in [0.15, 0.2) is 0 Å². The molecule has 5 aliphatic carbocycles. The number of hydrogen-bond donors (Lipinski definition) is 0. The van der Waals surface area contributed by atoms with E-state index in [1.54, 1.807) is 51.4 Å². The Morgan fingerprint density at radius 3 is 1.81 bits per heavy atom. The quantitative estimate of drug-likeness (QED) is 0.568.